The van der Waals surface area contributed by atoms with Crippen molar-refractivity contribution in [3.05, 3.63) is 21.9 Å². The van der Waals surface area contributed by atoms with Crippen LogP contribution in [-0.4, -0.2) is 36.0 Å². The van der Waals surface area contributed by atoms with E-state index in [1.807, 2.05) is 37.1 Å². The minimum Gasteiger partial charge on any atom is -0.465 e. The fourth-order valence-electron chi connectivity index (χ4n) is 1.66. The zero-order valence-electron chi connectivity index (χ0n) is 11.7. The summed E-state index contributed by atoms with van der Waals surface area (Å²) in [7, 11) is 1.36. The van der Waals surface area contributed by atoms with Crippen molar-refractivity contribution in [2.75, 3.05) is 13.7 Å². The molecular weight excluding hydrogens is 264 g/mol. The van der Waals surface area contributed by atoms with E-state index in [9.17, 15) is 9.59 Å². The van der Waals surface area contributed by atoms with Crippen molar-refractivity contribution in [1.82, 2.24) is 4.90 Å². The van der Waals surface area contributed by atoms with Crippen LogP contribution in [0.15, 0.2) is 11.4 Å². The summed E-state index contributed by atoms with van der Waals surface area (Å²) in [6.07, 6.45) is 0. The van der Waals surface area contributed by atoms with E-state index in [1.165, 1.54) is 18.4 Å². The second-order valence-electron chi connectivity index (χ2n) is 5.26. The Morgan fingerprint density at radius 3 is 2.53 bits per heavy atom. The van der Waals surface area contributed by atoms with E-state index in [1.54, 1.807) is 0 Å². The highest BCUT2D eigenvalue weighted by molar-refractivity contribution is 7.12. The lowest BCUT2D eigenvalue weighted by atomic mass is 10.0. The molecule has 2 N–H and O–H groups in total. The van der Waals surface area contributed by atoms with Gasteiger partial charge in [-0.2, -0.15) is 0 Å². The molecule has 0 atom stereocenters. The van der Waals surface area contributed by atoms with Crippen LogP contribution in [0.1, 0.15) is 36.0 Å². The topological polar surface area (TPSA) is 72.6 Å². The molecule has 0 aliphatic carbocycles. The third-order valence-electron chi connectivity index (χ3n) is 2.77. The molecule has 1 amide bonds. The molecule has 6 heteroatoms. The van der Waals surface area contributed by atoms with E-state index in [2.05, 4.69) is 0 Å². The van der Waals surface area contributed by atoms with Gasteiger partial charge in [-0.25, -0.2) is 4.79 Å². The fraction of sp³-hybridized carbons (Fsp3) is 0.538. The van der Waals surface area contributed by atoms with Crippen molar-refractivity contribution in [2.45, 2.75) is 32.9 Å². The van der Waals surface area contributed by atoms with Crippen LogP contribution < -0.4 is 5.73 Å². The average Bonchev–Trinajstić information content (AvgIpc) is 2.73. The normalized spacial score (nSPS) is 11.6. The maximum absolute atomic E-state index is 11.6. The van der Waals surface area contributed by atoms with Gasteiger partial charge in [-0.05, 0) is 37.8 Å². The number of methoxy groups -OCH3 is 1. The number of nitrogens with zero attached hydrogens (tertiary/aromatic N) is 1. The van der Waals surface area contributed by atoms with E-state index in [0.717, 1.165) is 5.56 Å². The number of hydrogen-bond acceptors (Lipinski definition) is 5. The molecule has 19 heavy (non-hydrogen) atoms. The van der Waals surface area contributed by atoms with Gasteiger partial charge in [-0.15, -0.1) is 11.3 Å². The molecule has 1 heterocycles. The summed E-state index contributed by atoms with van der Waals surface area (Å²) in [5, 5.41) is 1.84. The quantitative estimate of drug-likeness (QED) is 0.834. The molecule has 0 aliphatic rings. The number of esters is 1. The number of rotatable bonds is 5. The van der Waals surface area contributed by atoms with Crippen molar-refractivity contribution in [2.24, 2.45) is 5.73 Å². The number of carbonyl (C=O) groups excluding carboxylic acids is 2. The second kappa shape index (κ2) is 6.16. The highest BCUT2D eigenvalue weighted by Crippen LogP contribution is 2.23. The first-order valence-corrected chi connectivity index (χ1v) is 6.81. The minimum atomic E-state index is -0.384. The molecule has 1 rings (SSSR count). The van der Waals surface area contributed by atoms with Crippen molar-refractivity contribution in [3.63, 3.8) is 0 Å². The molecule has 106 valence electrons. The molecule has 0 aromatic carbocycles. The van der Waals surface area contributed by atoms with Gasteiger partial charge in [0.1, 0.15) is 4.88 Å². The van der Waals surface area contributed by atoms with Gasteiger partial charge in [0.25, 0.3) is 0 Å². The fourth-order valence-corrected chi connectivity index (χ4v) is 2.49. The van der Waals surface area contributed by atoms with Crippen molar-refractivity contribution in [1.29, 1.82) is 0 Å². The summed E-state index contributed by atoms with van der Waals surface area (Å²) in [5.41, 5.74) is 5.91. The standard InChI is InChI=1S/C13H20N2O3S/c1-13(2,3)15(8-10(14)16)7-9-5-6-19-11(9)12(17)18-4/h5-6H,7-8H2,1-4H3,(H2,14,16). The van der Waals surface area contributed by atoms with Crippen LogP contribution in [0.2, 0.25) is 0 Å². The van der Waals surface area contributed by atoms with Gasteiger partial charge < -0.3 is 10.5 Å². The van der Waals surface area contributed by atoms with Gasteiger partial charge in [0.2, 0.25) is 5.91 Å². The van der Waals surface area contributed by atoms with E-state index in [-0.39, 0.29) is 24.0 Å². The van der Waals surface area contributed by atoms with E-state index in [0.29, 0.717) is 11.4 Å². The molecule has 0 spiro atoms. The molecule has 0 aliphatic heterocycles. The molecule has 0 saturated heterocycles. The third-order valence-corrected chi connectivity index (χ3v) is 3.71. The summed E-state index contributed by atoms with van der Waals surface area (Å²) in [4.78, 5) is 25.3. The van der Waals surface area contributed by atoms with Gasteiger partial charge in [0.15, 0.2) is 0 Å². The molecular formula is C13H20N2O3S. The minimum absolute atomic E-state index is 0.153. The molecule has 0 saturated carbocycles. The lowest BCUT2D eigenvalue weighted by Crippen LogP contribution is -2.45. The van der Waals surface area contributed by atoms with Crippen molar-refractivity contribution in [3.8, 4) is 0 Å². The number of thiophene rings is 1. The molecule has 5 nitrogen and oxygen atoms in total. The Morgan fingerprint density at radius 1 is 1.42 bits per heavy atom. The number of ether oxygens (including phenoxy) is 1. The average molecular weight is 284 g/mol. The van der Waals surface area contributed by atoms with Crippen LogP contribution >= 0.6 is 11.3 Å². The lowest BCUT2D eigenvalue weighted by Gasteiger charge is -2.34. The van der Waals surface area contributed by atoms with Gasteiger partial charge in [0.05, 0.1) is 13.7 Å². The first kappa shape index (κ1) is 15.7. The number of primary amides is 1. The van der Waals surface area contributed by atoms with E-state index < -0.39 is 0 Å². The number of amides is 1. The Labute approximate surface area is 117 Å². The van der Waals surface area contributed by atoms with Crippen molar-refractivity contribution < 1.29 is 14.3 Å². The van der Waals surface area contributed by atoms with Crippen LogP contribution in [0.4, 0.5) is 0 Å². The van der Waals surface area contributed by atoms with Gasteiger partial charge in [-0.1, -0.05) is 0 Å². The summed E-state index contributed by atoms with van der Waals surface area (Å²) in [6, 6.07) is 1.87. The van der Waals surface area contributed by atoms with Crippen LogP contribution in [0.25, 0.3) is 0 Å². The molecule has 0 radical (unpaired) electrons. The Hall–Kier alpha value is -1.40. The smallest absolute Gasteiger partial charge is 0.348 e. The van der Waals surface area contributed by atoms with Gasteiger partial charge in [-0.3, -0.25) is 9.69 Å². The highest BCUT2D eigenvalue weighted by Gasteiger charge is 2.25. The zero-order chi connectivity index (χ0) is 14.6. The predicted octanol–water partition coefficient (Wildman–Crippen LogP) is 1.62. The number of nitrogens with two attached hydrogens (primary N) is 1. The Bertz CT molecular complexity index is 463. The van der Waals surface area contributed by atoms with Crippen LogP contribution in [-0.2, 0) is 16.1 Å². The van der Waals surface area contributed by atoms with Gasteiger partial charge in [0, 0.05) is 12.1 Å². The first-order chi connectivity index (χ1) is 8.75. The van der Waals surface area contributed by atoms with Crippen molar-refractivity contribution >= 4 is 23.2 Å². The van der Waals surface area contributed by atoms with Gasteiger partial charge >= 0.3 is 5.97 Å². The molecule has 1 aromatic heterocycles. The summed E-state index contributed by atoms with van der Waals surface area (Å²) >= 11 is 1.34. The third kappa shape index (κ3) is 4.33. The van der Waals surface area contributed by atoms with E-state index in [4.69, 9.17) is 10.5 Å². The van der Waals surface area contributed by atoms with Crippen LogP contribution in [0.5, 0.6) is 0 Å². The summed E-state index contributed by atoms with van der Waals surface area (Å²) < 4.78 is 4.74. The monoisotopic (exact) mass is 284 g/mol. The summed E-state index contributed by atoms with van der Waals surface area (Å²) in [6.45, 7) is 6.64. The first-order valence-electron chi connectivity index (χ1n) is 5.93. The molecule has 0 fully saturated rings. The maximum Gasteiger partial charge on any atom is 0.348 e. The largest absolute Gasteiger partial charge is 0.465 e. The van der Waals surface area contributed by atoms with Crippen LogP contribution in [0.3, 0.4) is 0 Å². The second-order valence-corrected chi connectivity index (χ2v) is 6.18. The molecule has 0 unspecified atom stereocenters. The summed E-state index contributed by atoms with van der Waals surface area (Å²) in [5.74, 6) is -0.734. The number of carbonyl (C=O) groups is 2. The SMILES string of the molecule is COC(=O)c1sccc1CN(CC(N)=O)C(C)(C)C. The zero-order valence-corrected chi connectivity index (χ0v) is 12.5. The highest BCUT2D eigenvalue weighted by atomic mass is 32.1. The Morgan fingerprint density at radius 2 is 2.05 bits per heavy atom. The van der Waals surface area contributed by atoms with Crippen LogP contribution in [0, 0.1) is 0 Å². The molecule has 1 aromatic rings. The Kier molecular flexibility index (Phi) is 5.08. The predicted molar refractivity (Wildman–Crippen MR) is 75.0 cm³/mol. The number of hydrogen-bond donors (Lipinski definition) is 1. The maximum atomic E-state index is 11.6. The lowest BCUT2D eigenvalue weighted by molar-refractivity contribution is -0.120. The Balaban J connectivity index is 2.94. The molecule has 0 bridgehead atoms. The van der Waals surface area contributed by atoms with E-state index >= 15 is 0 Å².